The SMILES string of the molecule is CC(O)(C(=O)OCC12CC3CC(CC(C3)C1)C2)C(F)(F)F. The molecule has 0 spiro atoms. The van der Waals surface area contributed by atoms with Crippen molar-refractivity contribution in [1.29, 1.82) is 0 Å². The maximum Gasteiger partial charge on any atom is 0.427 e. The van der Waals surface area contributed by atoms with E-state index in [4.69, 9.17) is 4.74 Å². The maximum atomic E-state index is 12.6. The molecule has 3 nitrogen and oxygen atoms in total. The molecule has 4 aliphatic rings. The number of carbonyl (C=O) groups excluding carboxylic acids is 1. The molecule has 4 bridgehead atoms. The van der Waals surface area contributed by atoms with Crippen LogP contribution in [0.4, 0.5) is 13.2 Å². The fourth-order valence-electron chi connectivity index (χ4n) is 4.94. The fourth-order valence-corrected chi connectivity index (χ4v) is 4.94. The van der Waals surface area contributed by atoms with E-state index in [9.17, 15) is 23.1 Å². The quantitative estimate of drug-likeness (QED) is 0.815. The third-order valence-electron chi connectivity index (χ3n) is 5.62. The summed E-state index contributed by atoms with van der Waals surface area (Å²) in [6.07, 6.45) is 1.47. The van der Waals surface area contributed by atoms with Crippen molar-refractivity contribution in [3.63, 3.8) is 0 Å². The summed E-state index contributed by atoms with van der Waals surface area (Å²) < 4.78 is 42.8. The molecule has 0 saturated heterocycles. The van der Waals surface area contributed by atoms with E-state index in [-0.39, 0.29) is 12.0 Å². The van der Waals surface area contributed by atoms with Gasteiger partial charge in [-0.15, -0.1) is 0 Å². The Labute approximate surface area is 121 Å². The zero-order valence-electron chi connectivity index (χ0n) is 12.1. The summed E-state index contributed by atoms with van der Waals surface area (Å²) in [6.45, 7) is 0.469. The first-order chi connectivity index (χ1) is 9.61. The lowest BCUT2D eigenvalue weighted by Crippen LogP contribution is -2.53. The predicted octanol–water partition coefficient (Wildman–Crippen LogP) is 3.06. The summed E-state index contributed by atoms with van der Waals surface area (Å²) in [5.41, 5.74) is -3.57. The highest BCUT2D eigenvalue weighted by molar-refractivity contribution is 5.79. The van der Waals surface area contributed by atoms with Gasteiger partial charge in [0.1, 0.15) is 0 Å². The Hall–Kier alpha value is -0.780. The Morgan fingerprint density at radius 3 is 1.95 bits per heavy atom. The molecule has 0 radical (unpaired) electrons. The van der Waals surface area contributed by atoms with Gasteiger partial charge in [0, 0.05) is 5.41 Å². The fraction of sp³-hybridized carbons (Fsp3) is 0.933. The highest BCUT2D eigenvalue weighted by atomic mass is 19.4. The maximum absolute atomic E-state index is 12.6. The van der Waals surface area contributed by atoms with Gasteiger partial charge in [-0.25, -0.2) is 4.79 Å². The van der Waals surface area contributed by atoms with Crippen LogP contribution in [-0.4, -0.2) is 29.5 Å². The molecule has 1 atom stereocenters. The number of alkyl halides is 3. The summed E-state index contributed by atoms with van der Waals surface area (Å²) in [7, 11) is 0. The van der Waals surface area contributed by atoms with Crippen molar-refractivity contribution in [2.45, 2.75) is 57.2 Å². The van der Waals surface area contributed by atoms with Crippen molar-refractivity contribution in [3.8, 4) is 0 Å². The largest absolute Gasteiger partial charge is 0.463 e. The predicted molar refractivity (Wildman–Crippen MR) is 68.2 cm³/mol. The molecule has 0 aromatic heterocycles. The second kappa shape index (κ2) is 4.61. The van der Waals surface area contributed by atoms with Crippen molar-refractivity contribution in [3.05, 3.63) is 0 Å². The second-order valence-electron chi connectivity index (χ2n) is 7.56. The molecule has 4 fully saturated rings. The van der Waals surface area contributed by atoms with E-state index in [1.54, 1.807) is 0 Å². The van der Waals surface area contributed by atoms with Crippen LogP contribution in [0.3, 0.4) is 0 Å². The minimum Gasteiger partial charge on any atom is -0.463 e. The molecule has 4 rings (SSSR count). The standard InChI is InChI=1S/C15H21F3O3/c1-13(20,15(16,17)18)12(19)21-8-14-5-9-2-10(6-14)4-11(3-9)7-14/h9-11,20H,2-8H2,1H3. The Bertz CT molecular complexity index is 407. The van der Waals surface area contributed by atoms with Crippen LogP contribution < -0.4 is 0 Å². The minimum absolute atomic E-state index is 0.0154. The third kappa shape index (κ3) is 2.56. The number of hydrogen-bond donors (Lipinski definition) is 1. The van der Waals surface area contributed by atoms with Crippen molar-refractivity contribution in [2.75, 3.05) is 6.61 Å². The van der Waals surface area contributed by atoms with Gasteiger partial charge in [-0.1, -0.05) is 0 Å². The average Bonchev–Trinajstić information content (AvgIpc) is 2.32. The van der Waals surface area contributed by atoms with E-state index in [2.05, 4.69) is 0 Å². The summed E-state index contributed by atoms with van der Waals surface area (Å²) in [5, 5.41) is 9.33. The first kappa shape index (κ1) is 15.1. The molecule has 1 N–H and O–H groups in total. The number of hydrogen-bond acceptors (Lipinski definition) is 3. The van der Waals surface area contributed by atoms with E-state index >= 15 is 0 Å². The summed E-state index contributed by atoms with van der Waals surface area (Å²) in [4.78, 5) is 11.6. The van der Waals surface area contributed by atoms with Gasteiger partial charge < -0.3 is 9.84 Å². The summed E-state index contributed by atoms with van der Waals surface area (Å²) in [5.74, 6) is 0.333. The molecule has 6 heteroatoms. The van der Waals surface area contributed by atoms with E-state index in [1.807, 2.05) is 0 Å². The van der Waals surface area contributed by atoms with Gasteiger partial charge in [-0.3, -0.25) is 0 Å². The molecule has 0 aromatic carbocycles. The average molecular weight is 306 g/mol. The third-order valence-corrected chi connectivity index (χ3v) is 5.62. The van der Waals surface area contributed by atoms with E-state index < -0.39 is 17.7 Å². The first-order valence-corrected chi connectivity index (χ1v) is 7.58. The van der Waals surface area contributed by atoms with Crippen molar-refractivity contribution in [2.24, 2.45) is 23.2 Å². The Morgan fingerprint density at radius 1 is 1.14 bits per heavy atom. The van der Waals surface area contributed by atoms with Crippen LogP contribution in [0.5, 0.6) is 0 Å². The van der Waals surface area contributed by atoms with E-state index in [0.29, 0.717) is 24.7 Å². The molecular weight excluding hydrogens is 285 g/mol. The van der Waals surface area contributed by atoms with Gasteiger partial charge in [0.2, 0.25) is 0 Å². The smallest absolute Gasteiger partial charge is 0.427 e. The van der Waals surface area contributed by atoms with Crippen molar-refractivity contribution < 1.29 is 27.8 Å². The van der Waals surface area contributed by atoms with E-state index in [1.165, 1.54) is 19.3 Å². The number of carbonyl (C=O) groups is 1. The van der Waals surface area contributed by atoms with Gasteiger partial charge >= 0.3 is 12.1 Å². The monoisotopic (exact) mass is 306 g/mol. The number of ether oxygens (including phenoxy) is 1. The Morgan fingerprint density at radius 2 is 1.57 bits per heavy atom. The molecule has 4 aliphatic carbocycles. The van der Waals surface area contributed by atoms with Gasteiger partial charge in [-0.05, 0) is 63.2 Å². The van der Waals surface area contributed by atoms with Crippen molar-refractivity contribution in [1.82, 2.24) is 0 Å². The zero-order chi connectivity index (χ0) is 15.5. The van der Waals surface area contributed by atoms with Gasteiger partial charge in [0.25, 0.3) is 5.60 Å². The number of rotatable bonds is 3. The molecule has 4 saturated carbocycles. The lowest BCUT2D eigenvalue weighted by Gasteiger charge is -2.56. The Balaban J connectivity index is 1.64. The summed E-state index contributed by atoms with van der Waals surface area (Å²) in [6, 6.07) is 0. The lowest BCUT2D eigenvalue weighted by atomic mass is 9.50. The summed E-state index contributed by atoms with van der Waals surface area (Å²) >= 11 is 0. The highest BCUT2D eigenvalue weighted by Crippen LogP contribution is 2.60. The highest BCUT2D eigenvalue weighted by Gasteiger charge is 2.58. The molecule has 1 unspecified atom stereocenters. The van der Waals surface area contributed by atoms with Crippen LogP contribution in [0.2, 0.25) is 0 Å². The van der Waals surface area contributed by atoms with Gasteiger partial charge in [0.15, 0.2) is 0 Å². The molecule has 0 amide bonds. The van der Waals surface area contributed by atoms with Crippen molar-refractivity contribution >= 4 is 5.97 Å². The minimum atomic E-state index is -5.01. The molecule has 0 aliphatic heterocycles. The molecule has 0 heterocycles. The van der Waals surface area contributed by atoms with Crippen LogP contribution in [0.1, 0.15) is 45.4 Å². The lowest BCUT2D eigenvalue weighted by molar-refractivity contribution is -0.259. The van der Waals surface area contributed by atoms with Crippen LogP contribution in [0, 0.1) is 23.2 Å². The van der Waals surface area contributed by atoms with Crippen LogP contribution >= 0.6 is 0 Å². The van der Waals surface area contributed by atoms with Crippen LogP contribution in [0.25, 0.3) is 0 Å². The molecule has 0 aromatic rings. The van der Waals surface area contributed by atoms with Gasteiger partial charge in [0.05, 0.1) is 6.61 Å². The number of esters is 1. The zero-order valence-corrected chi connectivity index (χ0v) is 12.1. The molecule has 120 valence electrons. The van der Waals surface area contributed by atoms with Crippen LogP contribution in [0.15, 0.2) is 0 Å². The number of halogens is 3. The normalized spacial score (nSPS) is 40.9. The van der Waals surface area contributed by atoms with Crippen LogP contribution in [-0.2, 0) is 9.53 Å². The van der Waals surface area contributed by atoms with Gasteiger partial charge in [-0.2, -0.15) is 13.2 Å². The molecular formula is C15H21F3O3. The first-order valence-electron chi connectivity index (χ1n) is 7.58. The topological polar surface area (TPSA) is 46.5 Å². The second-order valence-corrected chi connectivity index (χ2v) is 7.56. The Kier molecular flexibility index (Phi) is 3.32. The van der Waals surface area contributed by atoms with E-state index in [0.717, 1.165) is 19.3 Å². The molecule has 21 heavy (non-hydrogen) atoms. The number of aliphatic hydroxyl groups is 1.